The Labute approximate surface area is 174 Å². The number of rotatable bonds is 8. The van der Waals surface area contributed by atoms with E-state index in [2.05, 4.69) is 20.4 Å². The molecule has 0 aliphatic rings. The summed E-state index contributed by atoms with van der Waals surface area (Å²) in [5, 5.41) is 27.2. The lowest BCUT2D eigenvalue weighted by atomic mass is 10.1. The first-order valence-electron chi connectivity index (χ1n) is 8.76. The molecule has 4 aromatic rings. The van der Waals surface area contributed by atoms with E-state index in [1.165, 1.54) is 23.9 Å². The summed E-state index contributed by atoms with van der Waals surface area (Å²) in [4.78, 5) is 10.3. The van der Waals surface area contributed by atoms with Crippen molar-refractivity contribution in [2.45, 2.75) is 17.4 Å². The zero-order valence-corrected chi connectivity index (χ0v) is 16.5. The van der Waals surface area contributed by atoms with Crippen LogP contribution in [0.1, 0.15) is 17.3 Å². The average molecular weight is 425 g/mol. The molecular weight excluding hydrogens is 410 g/mol. The minimum absolute atomic E-state index is 0.00381. The number of ether oxygens (including phenoxy) is 1. The van der Waals surface area contributed by atoms with Crippen LogP contribution in [0.3, 0.4) is 0 Å². The molecule has 0 aliphatic heterocycles. The SMILES string of the molecule is COc1ccc(Cc2nnc(SCc3nnc(-c4ccc([N+](=O)[O-])cc4)o3)o2)cc1. The predicted octanol–water partition coefficient (Wildman–Crippen LogP) is 3.92. The van der Waals surface area contributed by atoms with Gasteiger partial charge in [-0.3, -0.25) is 10.1 Å². The van der Waals surface area contributed by atoms with Crippen molar-refractivity contribution in [2.24, 2.45) is 0 Å². The molecule has 2 aromatic carbocycles. The van der Waals surface area contributed by atoms with E-state index in [4.69, 9.17) is 13.6 Å². The fraction of sp³-hybridized carbons (Fsp3) is 0.158. The molecule has 0 saturated carbocycles. The summed E-state index contributed by atoms with van der Waals surface area (Å²) >= 11 is 1.28. The third-order valence-electron chi connectivity index (χ3n) is 4.07. The molecular formula is C19H15N5O5S. The lowest BCUT2D eigenvalue weighted by Crippen LogP contribution is -1.89. The van der Waals surface area contributed by atoms with Crippen molar-refractivity contribution < 1.29 is 18.5 Å². The van der Waals surface area contributed by atoms with Gasteiger partial charge < -0.3 is 13.6 Å². The van der Waals surface area contributed by atoms with Crippen LogP contribution in [-0.4, -0.2) is 32.4 Å². The Morgan fingerprint density at radius 3 is 2.40 bits per heavy atom. The predicted molar refractivity (Wildman–Crippen MR) is 106 cm³/mol. The fourth-order valence-electron chi connectivity index (χ4n) is 2.56. The number of thioether (sulfide) groups is 1. The standard InChI is InChI=1S/C19H15N5O5S/c1-27-15-8-2-12(3-9-15)10-16-20-23-19(29-16)30-11-17-21-22-18(28-17)13-4-6-14(7-5-13)24(25)26/h2-9H,10-11H2,1H3. The van der Waals surface area contributed by atoms with Crippen LogP contribution in [-0.2, 0) is 12.2 Å². The molecule has 4 rings (SSSR count). The van der Waals surface area contributed by atoms with Crippen molar-refractivity contribution in [1.29, 1.82) is 0 Å². The first-order chi connectivity index (χ1) is 14.6. The highest BCUT2D eigenvalue weighted by Gasteiger charge is 2.13. The van der Waals surface area contributed by atoms with E-state index >= 15 is 0 Å². The quantitative estimate of drug-likeness (QED) is 0.232. The molecule has 10 nitrogen and oxygen atoms in total. The van der Waals surface area contributed by atoms with E-state index in [9.17, 15) is 10.1 Å². The van der Waals surface area contributed by atoms with Gasteiger partial charge in [-0.1, -0.05) is 23.9 Å². The summed E-state index contributed by atoms with van der Waals surface area (Å²) in [6.45, 7) is 0. The normalized spacial score (nSPS) is 10.8. The second kappa shape index (κ2) is 8.74. The van der Waals surface area contributed by atoms with Crippen LogP contribution in [0.4, 0.5) is 5.69 Å². The minimum Gasteiger partial charge on any atom is -0.497 e. The van der Waals surface area contributed by atoms with Gasteiger partial charge in [0.1, 0.15) is 5.75 Å². The van der Waals surface area contributed by atoms with E-state index in [0.29, 0.717) is 34.7 Å². The third-order valence-corrected chi connectivity index (χ3v) is 4.88. The van der Waals surface area contributed by atoms with E-state index in [1.54, 1.807) is 19.2 Å². The Bertz CT molecular complexity index is 1140. The lowest BCUT2D eigenvalue weighted by molar-refractivity contribution is -0.384. The van der Waals surface area contributed by atoms with E-state index in [0.717, 1.165) is 11.3 Å². The molecule has 0 spiro atoms. The zero-order valence-electron chi connectivity index (χ0n) is 15.7. The van der Waals surface area contributed by atoms with Crippen molar-refractivity contribution in [3.8, 4) is 17.2 Å². The molecule has 11 heteroatoms. The van der Waals surface area contributed by atoms with Gasteiger partial charge in [-0.15, -0.1) is 20.4 Å². The van der Waals surface area contributed by atoms with Crippen LogP contribution in [0.5, 0.6) is 5.75 Å². The van der Waals surface area contributed by atoms with Gasteiger partial charge >= 0.3 is 0 Å². The summed E-state index contributed by atoms with van der Waals surface area (Å²) in [7, 11) is 1.62. The van der Waals surface area contributed by atoms with E-state index < -0.39 is 4.92 Å². The number of nitro groups is 1. The van der Waals surface area contributed by atoms with Gasteiger partial charge in [-0.05, 0) is 29.8 Å². The summed E-state index contributed by atoms with van der Waals surface area (Å²) in [5.74, 6) is 2.30. The van der Waals surface area contributed by atoms with Crippen molar-refractivity contribution in [1.82, 2.24) is 20.4 Å². The molecule has 0 unspecified atom stereocenters. The Kier molecular flexibility index (Phi) is 5.70. The first-order valence-corrected chi connectivity index (χ1v) is 9.74. The highest BCUT2D eigenvalue weighted by atomic mass is 32.2. The average Bonchev–Trinajstić information content (AvgIpc) is 3.42. The van der Waals surface area contributed by atoms with Gasteiger partial charge in [0.2, 0.25) is 17.7 Å². The van der Waals surface area contributed by atoms with Crippen LogP contribution in [0.2, 0.25) is 0 Å². The number of non-ortho nitro benzene ring substituents is 1. The van der Waals surface area contributed by atoms with Crippen LogP contribution < -0.4 is 4.74 Å². The number of nitrogens with zero attached hydrogens (tertiary/aromatic N) is 5. The molecule has 0 saturated heterocycles. The molecule has 2 heterocycles. The van der Waals surface area contributed by atoms with Gasteiger partial charge in [-0.2, -0.15) is 0 Å². The minimum atomic E-state index is -0.465. The van der Waals surface area contributed by atoms with Crippen LogP contribution >= 0.6 is 11.8 Å². The smallest absolute Gasteiger partial charge is 0.277 e. The molecule has 0 radical (unpaired) electrons. The molecule has 2 aromatic heterocycles. The van der Waals surface area contributed by atoms with Crippen LogP contribution in [0.15, 0.2) is 62.6 Å². The van der Waals surface area contributed by atoms with Crippen molar-refractivity contribution in [3.63, 3.8) is 0 Å². The summed E-state index contributed by atoms with van der Waals surface area (Å²) < 4.78 is 16.4. The Morgan fingerprint density at radius 1 is 0.967 bits per heavy atom. The highest BCUT2D eigenvalue weighted by molar-refractivity contribution is 7.98. The maximum absolute atomic E-state index is 10.7. The lowest BCUT2D eigenvalue weighted by Gasteiger charge is -2.00. The van der Waals surface area contributed by atoms with Gasteiger partial charge in [0.15, 0.2) is 0 Å². The number of methoxy groups -OCH3 is 1. The van der Waals surface area contributed by atoms with Crippen molar-refractivity contribution in [2.75, 3.05) is 7.11 Å². The number of hydrogen-bond acceptors (Lipinski definition) is 10. The second-order valence-electron chi connectivity index (χ2n) is 6.08. The number of hydrogen-bond donors (Lipinski definition) is 0. The largest absolute Gasteiger partial charge is 0.497 e. The van der Waals surface area contributed by atoms with Crippen LogP contribution in [0.25, 0.3) is 11.5 Å². The third kappa shape index (κ3) is 4.63. The van der Waals surface area contributed by atoms with Crippen molar-refractivity contribution in [3.05, 3.63) is 76.0 Å². The Balaban J connectivity index is 1.34. The molecule has 0 bridgehead atoms. The second-order valence-corrected chi connectivity index (χ2v) is 7.01. The first kappa shape index (κ1) is 19.6. The fourth-order valence-corrected chi connectivity index (χ4v) is 3.18. The van der Waals surface area contributed by atoms with Gasteiger partial charge in [0.25, 0.3) is 10.9 Å². The molecule has 0 amide bonds. The van der Waals surface area contributed by atoms with Gasteiger partial charge in [-0.25, -0.2) is 0 Å². The zero-order chi connectivity index (χ0) is 20.9. The van der Waals surface area contributed by atoms with Crippen LogP contribution in [0, 0.1) is 10.1 Å². The molecule has 0 aliphatic carbocycles. The molecule has 0 fully saturated rings. The maximum atomic E-state index is 10.7. The topological polar surface area (TPSA) is 130 Å². The number of benzene rings is 2. The Hall–Kier alpha value is -3.73. The maximum Gasteiger partial charge on any atom is 0.277 e. The summed E-state index contributed by atoms with van der Waals surface area (Å²) in [6, 6.07) is 13.5. The van der Waals surface area contributed by atoms with E-state index in [-0.39, 0.29) is 11.6 Å². The summed E-state index contributed by atoms with van der Waals surface area (Å²) in [6.07, 6.45) is 0.516. The monoisotopic (exact) mass is 425 g/mol. The van der Waals surface area contributed by atoms with Crippen molar-refractivity contribution >= 4 is 17.4 Å². The van der Waals surface area contributed by atoms with E-state index in [1.807, 2.05) is 24.3 Å². The molecule has 0 atom stereocenters. The summed E-state index contributed by atoms with van der Waals surface area (Å²) in [5.41, 5.74) is 1.63. The molecule has 30 heavy (non-hydrogen) atoms. The number of nitro benzene ring substituents is 1. The van der Waals surface area contributed by atoms with Gasteiger partial charge in [0, 0.05) is 17.7 Å². The Morgan fingerprint density at radius 2 is 1.70 bits per heavy atom. The molecule has 0 N–H and O–H groups in total. The highest BCUT2D eigenvalue weighted by Crippen LogP contribution is 2.25. The number of aromatic nitrogens is 4. The molecule has 152 valence electrons. The van der Waals surface area contributed by atoms with Gasteiger partial charge in [0.05, 0.1) is 24.2 Å².